The lowest BCUT2D eigenvalue weighted by Crippen LogP contribution is -2.44. The Hall–Kier alpha value is -6.76. The summed E-state index contributed by atoms with van der Waals surface area (Å²) in [4.78, 5) is 12.6. The highest BCUT2D eigenvalue weighted by Crippen LogP contribution is 2.57. The van der Waals surface area contributed by atoms with Crippen LogP contribution in [0.1, 0.15) is 40.9 Å². The number of para-hydroxylation sites is 3. The molecule has 12 rings (SSSR count). The van der Waals surface area contributed by atoms with Crippen molar-refractivity contribution in [3.63, 3.8) is 0 Å². The van der Waals surface area contributed by atoms with Crippen molar-refractivity contribution in [1.82, 2.24) is 14.9 Å². The van der Waals surface area contributed by atoms with Crippen LogP contribution in [-0.4, -0.2) is 15.4 Å². The van der Waals surface area contributed by atoms with Crippen LogP contribution in [0, 0.1) is 0 Å². The van der Waals surface area contributed by atoms with Gasteiger partial charge in [-0.1, -0.05) is 103 Å². The van der Waals surface area contributed by atoms with Crippen LogP contribution in [0.2, 0.25) is 0 Å². The second-order valence-electron chi connectivity index (χ2n) is 15.3. The van der Waals surface area contributed by atoms with Gasteiger partial charge in [0.2, 0.25) is 0 Å². The first-order valence-electron chi connectivity index (χ1n) is 19.2. The second-order valence-corrected chi connectivity index (χ2v) is 16.3. The molecule has 0 amide bonds. The highest BCUT2D eigenvalue weighted by atomic mass is 32.1. The molecule has 9 aromatic rings. The molecule has 56 heavy (non-hydrogen) atoms. The van der Waals surface area contributed by atoms with Gasteiger partial charge in [-0.05, 0) is 90.2 Å². The van der Waals surface area contributed by atoms with E-state index in [0.29, 0.717) is 0 Å². The van der Waals surface area contributed by atoms with Crippen LogP contribution in [0.3, 0.4) is 0 Å². The summed E-state index contributed by atoms with van der Waals surface area (Å²) in [6.07, 6.45) is 6.94. The fraction of sp³-hybridized carbons (Fsp3) is 0.0800. The van der Waals surface area contributed by atoms with Crippen molar-refractivity contribution < 1.29 is 0 Å². The van der Waals surface area contributed by atoms with Crippen molar-refractivity contribution in [2.24, 2.45) is 4.99 Å². The number of nitrogens with one attached hydrogen (secondary N) is 1. The van der Waals surface area contributed by atoms with Crippen LogP contribution in [-0.2, 0) is 11.8 Å². The molecule has 2 atom stereocenters. The zero-order chi connectivity index (χ0) is 37.0. The minimum Gasteiger partial charge on any atom is -0.345 e. The predicted octanol–water partition coefficient (Wildman–Crippen LogP) is 12.1. The molecular formula is C50H35N5S. The summed E-state index contributed by atoms with van der Waals surface area (Å²) in [5.41, 5.74) is 14.4. The van der Waals surface area contributed by atoms with E-state index in [4.69, 9.17) is 4.99 Å². The van der Waals surface area contributed by atoms with E-state index in [-0.39, 0.29) is 11.6 Å². The molecule has 1 N–H and O–H groups in total. The number of pyridine rings is 1. The highest BCUT2D eigenvalue weighted by molar-refractivity contribution is 7.22. The number of thiophene rings is 1. The number of hydrogen-bond acceptors (Lipinski definition) is 5. The summed E-state index contributed by atoms with van der Waals surface area (Å²) in [7, 11) is 0. The predicted molar refractivity (Wildman–Crippen MR) is 232 cm³/mol. The lowest BCUT2D eigenvalue weighted by molar-refractivity contribution is 0.532. The SMILES string of the molecule is CC12Cc3ccccc3C=C1N([C@H]1NC(c3cccc4c3c3ccccc3n4-c3ccccc3)=Nc3sc4ccc(-c5cccnc5)cc4c31)c1ccccc12. The Kier molecular flexibility index (Phi) is 6.69. The minimum absolute atomic E-state index is 0.197. The molecule has 1 unspecified atom stereocenters. The second kappa shape index (κ2) is 11.9. The van der Waals surface area contributed by atoms with Crippen LogP contribution < -0.4 is 10.2 Å². The fourth-order valence-electron chi connectivity index (χ4n) is 9.64. The van der Waals surface area contributed by atoms with Gasteiger partial charge >= 0.3 is 0 Å². The molecule has 266 valence electrons. The lowest BCUT2D eigenvalue weighted by Gasteiger charge is -2.40. The van der Waals surface area contributed by atoms with Gasteiger partial charge in [-0.3, -0.25) is 4.98 Å². The van der Waals surface area contributed by atoms with Crippen LogP contribution in [0.25, 0.3) is 54.8 Å². The van der Waals surface area contributed by atoms with Crippen molar-refractivity contribution in [3.05, 3.63) is 198 Å². The Bertz CT molecular complexity index is 3120. The number of aliphatic imine (C=N–C) groups is 1. The van der Waals surface area contributed by atoms with E-state index in [1.54, 1.807) is 11.3 Å². The average molecular weight is 738 g/mol. The van der Waals surface area contributed by atoms with Crippen molar-refractivity contribution in [1.29, 1.82) is 0 Å². The number of aromatic nitrogens is 2. The molecule has 0 saturated heterocycles. The molecular weight excluding hydrogens is 703 g/mol. The Morgan fingerprint density at radius 1 is 0.732 bits per heavy atom. The number of benzene rings is 6. The van der Waals surface area contributed by atoms with E-state index >= 15 is 0 Å². The number of nitrogens with zero attached hydrogens (tertiary/aromatic N) is 4. The maximum atomic E-state index is 5.59. The molecule has 1 aliphatic carbocycles. The van der Waals surface area contributed by atoms with E-state index in [1.807, 2.05) is 18.5 Å². The third-order valence-corrected chi connectivity index (χ3v) is 13.2. The molecule has 0 radical (unpaired) electrons. The van der Waals surface area contributed by atoms with Gasteiger partial charge in [0.05, 0.1) is 11.0 Å². The van der Waals surface area contributed by atoms with E-state index in [9.17, 15) is 0 Å². The molecule has 0 saturated carbocycles. The van der Waals surface area contributed by atoms with Crippen LogP contribution >= 0.6 is 11.3 Å². The standard InChI is InChI=1S/C50H35N5S/c1-50-29-33-14-6-5-13-31(33)28-44(50)55(41-22-10-8-20-39(41)50)48-46-38-27-32(34-15-12-26-51-30-34)24-25-43(38)56-49(46)53-47(52-48)37-19-11-23-42-45(37)36-18-7-9-21-40(36)54(42)35-16-3-2-4-17-35/h2-28,30,48H,29H2,1H3,(H,52,53)/t48-,50?/m1/s1. The fourth-order valence-corrected chi connectivity index (χ4v) is 10.7. The molecule has 6 aromatic carbocycles. The Labute approximate surface area is 328 Å². The molecule has 3 aromatic heterocycles. The molecule has 5 heterocycles. The normalized spacial score (nSPS) is 18.2. The highest BCUT2D eigenvalue weighted by Gasteiger charge is 2.49. The summed E-state index contributed by atoms with van der Waals surface area (Å²) in [6.45, 7) is 2.43. The van der Waals surface area contributed by atoms with Crippen molar-refractivity contribution >= 4 is 65.8 Å². The molecule has 6 heteroatoms. The maximum Gasteiger partial charge on any atom is 0.137 e. The smallest absolute Gasteiger partial charge is 0.137 e. The molecule has 0 bridgehead atoms. The molecule has 0 fully saturated rings. The van der Waals surface area contributed by atoms with Gasteiger partial charge in [-0.15, -0.1) is 11.3 Å². The first kappa shape index (κ1) is 31.6. The van der Waals surface area contributed by atoms with E-state index in [0.717, 1.165) is 45.2 Å². The Morgan fingerprint density at radius 3 is 2.46 bits per heavy atom. The number of allylic oxidation sites excluding steroid dienone is 1. The molecule has 0 spiro atoms. The summed E-state index contributed by atoms with van der Waals surface area (Å²) < 4.78 is 3.60. The Balaban J connectivity index is 1.13. The van der Waals surface area contributed by atoms with Crippen LogP contribution in [0.15, 0.2) is 175 Å². The number of anilines is 1. The maximum absolute atomic E-state index is 5.59. The largest absolute Gasteiger partial charge is 0.345 e. The molecule has 2 aliphatic heterocycles. The molecule has 5 nitrogen and oxygen atoms in total. The monoisotopic (exact) mass is 737 g/mol. The quantitative estimate of drug-likeness (QED) is 0.196. The summed E-state index contributed by atoms with van der Waals surface area (Å²) in [6, 6.07) is 55.0. The first-order valence-corrected chi connectivity index (χ1v) is 20.0. The molecule has 3 aliphatic rings. The summed E-state index contributed by atoms with van der Waals surface area (Å²) in [5, 5.41) is 8.80. The summed E-state index contributed by atoms with van der Waals surface area (Å²) >= 11 is 1.78. The van der Waals surface area contributed by atoms with Crippen molar-refractivity contribution in [2.45, 2.75) is 24.9 Å². The number of amidine groups is 1. The van der Waals surface area contributed by atoms with E-state index in [1.165, 1.54) is 60.0 Å². The van der Waals surface area contributed by atoms with Gasteiger partial charge in [-0.2, -0.15) is 0 Å². The number of fused-ring (bicyclic) bond motifs is 10. The van der Waals surface area contributed by atoms with Crippen LogP contribution in [0.5, 0.6) is 0 Å². The lowest BCUT2D eigenvalue weighted by atomic mass is 9.72. The van der Waals surface area contributed by atoms with Gasteiger partial charge in [-0.25, -0.2) is 4.99 Å². The zero-order valence-electron chi connectivity index (χ0n) is 30.6. The van der Waals surface area contributed by atoms with Gasteiger partial charge in [0, 0.05) is 72.4 Å². The first-order chi connectivity index (χ1) is 27.6. The van der Waals surface area contributed by atoms with Crippen LogP contribution in [0.4, 0.5) is 10.7 Å². The third kappa shape index (κ3) is 4.47. The van der Waals surface area contributed by atoms with Gasteiger partial charge < -0.3 is 14.8 Å². The van der Waals surface area contributed by atoms with E-state index in [2.05, 4.69) is 178 Å². The van der Waals surface area contributed by atoms with Gasteiger partial charge in [0.25, 0.3) is 0 Å². The third-order valence-electron chi connectivity index (χ3n) is 12.2. The topological polar surface area (TPSA) is 45.5 Å². The Morgan fingerprint density at radius 2 is 1.55 bits per heavy atom. The zero-order valence-corrected chi connectivity index (χ0v) is 31.5. The van der Waals surface area contributed by atoms with Crippen molar-refractivity contribution in [3.8, 4) is 16.8 Å². The number of hydrogen-bond donors (Lipinski definition) is 1. The average Bonchev–Trinajstić information content (AvgIpc) is 3.88. The van der Waals surface area contributed by atoms with Crippen molar-refractivity contribution in [2.75, 3.05) is 4.90 Å². The minimum atomic E-state index is -0.229. The summed E-state index contributed by atoms with van der Waals surface area (Å²) in [5.74, 6) is 0.881. The van der Waals surface area contributed by atoms with E-state index < -0.39 is 0 Å². The van der Waals surface area contributed by atoms with Gasteiger partial charge in [0.15, 0.2) is 0 Å². The van der Waals surface area contributed by atoms with Gasteiger partial charge in [0.1, 0.15) is 17.0 Å². The number of rotatable bonds is 4.